The lowest BCUT2D eigenvalue weighted by atomic mass is 10.0. The number of benzene rings is 2. The molecule has 0 bridgehead atoms. The largest absolute Gasteiger partial charge is 0.457 e. The number of sulfone groups is 1. The minimum absolute atomic E-state index is 0.00779. The molecule has 2 unspecified atom stereocenters. The summed E-state index contributed by atoms with van der Waals surface area (Å²) >= 11 is 0. The van der Waals surface area contributed by atoms with Crippen molar-refractivity contribution in [1.29, 1.82) is 0 Å². The van der Waals surface area contributed by atoms with Gasteiger partial charge in [-0.15, -0.1) is 0 Å². The molecule has 180 valence electrons. The Bertz CT molecular complexity index is 1500. The second-order valence-electron chi connectivity index (χ2n) is 8.80. The van der Waals surface area contributed by atoms with Gasteiger partial charge < -0.3 is 14.6 Å². The molecule has 0 aliphatic carbocycles. The van der Waals surface area contributed by atoms with Crippen LogP contribution in [-0.2, 0) is 14.6 Å². The van der Waals surface area contributed by atoms with Crippen LogP contribution in [0.2, 0.25) is 0 Å². The molecule has 2 atom stereocenters. The Kier molecular flexibility index (Phi) is 5.76. The number of carbonyl (C=O) groups is 1. The Hall–Kier alpha value is -3.79. The second-order valence-corrected chi connectivity index (χ2v) is 10.8. The maximum atomic E-state index is 12.5. The fraction of sp³-hybridized carbons (Fsp3) is 0.280. The van der Waals surface area contributed by atoms with Crippen molar-refractivity contribution in [2.45, 2.75) is 43.7 Å². The molecule has 1 aliphatic rings. The van der Waals surface area contributed by atoms with Gasteiger partial charge >= 0.3 is 0 Å². The zero-order chi connectivity index (χ0) is 24.7. The van der Waals surface area contributed by atoms with Gasteiger partial charge in [0.15, 0.2) is 15.7 Å². The van der Waals surface area contributed by atoms with E-state index in [2.05, 4.69) is 19.9 Å². The third-order valence-electron chi connectivity index (χ3n) is 6.29. The van der Waals surface area contributed by atoms with E-state index in [0.717, 1.165) is 23.9 Å². The van der Waals surface area contributed by atoms with E-state index in [4.69, 9.17) is 4.74 Å². The molecule has 5 rings (SSSR count). The first-order valence-electron chi connectivity index (χ1n) is 11.3. The normalized spacial score (nSPS) is 18.2. The molecule has 1 N–H and O–H groups in total. The SMILES string of the molecule is CC(=O)N1C(C)CCC1c1cc2[nH]c(-c3cnccn3)nc2cc1Oc1ccc(S(C)(=O)=O)cc1. The highest BCUT2D eigenvalue weighted by molar-refractivity contribution is 7.90. The number of aromatic amines is 1. The van der Waals surface area contributed by atoms with E-state index >= 15 is 0 Å². The van der Waals surface area contributed by atoms with Crippen LogP contribution in [0.4, 0.5) is 0 Å². The highest BCUT2D eigenvalue weighted by Crippen LogP contribution is 2.43. The average Bonchev–Trinajstić information content (AvgIpc) is 3.42. The molecule has 1 aliphatic heterocycles. The van der Waals surface area contributed by atoms with Crippen molar-refractivity contribution in [2.75, 3.05) is 6.26 Å². The van der Waals surface area contributed by atoms with Gasteiger partial charge in [-0.2, -0.15) is 0 Å². The molecule has 3 heterocycles. The molecule has 2 aromatic carbocycles. The lowest BCUT2D eigenvalue weighted by molar-refractivity contribution is -0.131. The number of rotatable bonds is 5. The van der Waals surface area contributed by atoms with Crippen molar-refractivity contribution in [2.24, 2.45) is 0 Å². The van der Waals surface area contributed by atoms with Crippen LogP contribution in [0.25, 0.3) is 22.6 Å². The van der Waals surface area contributed by atoms with E-state index in [9.17, 15) is 13.2 Å². The molecule has 0 radical (unpaired) electrons. The molecule has 2 aromatic heterocycles. The quantitative estimate of drug-likeness (QED) is 0.442. The summed E-state index contributed by atoms with van der Waals surface area (Å²) in [5, 5.41) is 0. The Morgan fingerprint density at radius 1 is 1.14 bits per heavy atom. The number of fused-ring (bicyclic) bond motifs is 1. The Balaban J connectivity index is 1.61. The van der Waals surface area contributed by atoms with Gasteiger partial charge in [0.25, 0.3) is 0 Å². The Morgan fingerprint density at radius 2 is 1.91 bits per heavy atom. The fourth-order valence-electron chi connectivity index (χ4n) is 4.65. The molecule has 1 saturated heterocycles. The van der Waals surface area contributed by atoms with Gasteiger partial charge in [0, 0.05) is 43.2 Å². The third kappa shape index (κ3) is 4.49. The van der Waals surface area contributed by atoms with Gasteiger partial charge in [-0.05, 0) is 50.1 Å². The van der Waals surface area contributed by atoms with Crippen molar-refractivity contribution in [3.63, 3.8) is 0 Å². The van der Waals surface area contributed by atoms with Crippen LogP contribution in [0.5, 0.6) is 11.5 Å². The van der Waals surface area contributed by atoms with Crippen LogP contribution >= 0.6 is 0 Å². The zero-order valence-electron chi connectivity index (χ0n) is 19.6. The van der Waals surface area contributed by atoms with Gasteiger partial charge in [0.1, 0.15) is 17.2 Å². The van der Waals surface area contributed by atoms with Gasteiger partial charge in [-0.1, -0.05) is 0 Å². The predicted molar refractivity (Wildman–Crippen MR) is 131 cm³/mol. The number of aromatic nitrogens is 4. The number of nitrogens with zero attached hydrogens (tertiary/aromatic N) is 4. The molecule has 1 fully saturated rings. The Labute approximate surface area is 203 Å². The monoisotopic (exact) mass is 491 g/mol. The van der Waals surface area contributed by atoms with Crippen LogP contribution in [0.15, 0.2) is 59.9 Å². The lowest BCUT2D eigenvalue weighted by Gasteiger charge is -2.29. The standard InChI is InChI=1S/C25H25N5O4S/c1-15-4-9-23(30(15)16(2)31)19-12-20-21(29-25(28-20)22-14-26-10-11-27-22)13-24(19)34-17-5-7-18(8-6-17)35(3,32)33/h5-8,10-15,23H,4,9H2,1-3H3,(H,28,29). The van der Waals surface area contributed by atoms with Crippen molar-refractivity contribution in [3.8, 4) is 23.0 Å². The number of amides is 1. The van der Waals surface area contributed by atoms with E-state index in [1.54, 1.807) is 37.6 Å². The maximum absolute atomic E-state index is 12.5. The molecule has 35 heavy (non-hydrogen) atoms. The molecule has 4 aromatic rings. The minimum atomic E-state index is -3.31. The molecule has 10 heteroatoms. The smallest absolute Gasteiger partial charge is 0.220 e. The van der Waals surface area contributed by atoms with Crippen molar-refractivity contribution in [3.05, 3.63) is 60.6 Å². The number of hydrogen-bond donors (Lipinski definition) is 1. The topological polar surface area (TPSA) is 118 Å². The zero-order valence-corrected chi connectivity index (χ0v) is 20.4. The summed E-state index contributed by atoms with van der Waals surface area (Å²) in [5.74, 6) is 1.64. The summed E-state index contributed by atoms with van der Waals surface area (Å²) in [7, 11) is -3.31. The highest BCUT2D eigenvalue weighted by atomic mass is 32.2. The number of carbonyl (C=O) groups excluding carboxylic acids is 1. The van der Waals surface area contributed by atoms with E-state index in [-0.39, 0.29) is 22.9 Å². The average molecular weight is 492 g/mol. The summed E-state index contributed by atoms with van der Waals surface area (Å²) in [6.07, 6.45) is 7.70. The molecular formula is C25H25N5O4S. The number of likely N-dealkylation sites (tertiary alicyclic amines) is 1. The molecular weight excluding hydrogens is 466 g/mol. The third-order valence-corrected chi connectivity index (χ3v) is 7.42. The summed E-state index contributed by atoms with van der Waals surface area (Å²) in [4.78, 5) is 31.0. The van der Waals surface area contributed by atoms with Gasteiger partial charge in [0.2, 0.25) is 5.91 Å². The predicted octanol–water partition coefficient (Wildman–Crippen LogP) is 4.29. The van der Waals surface area contributed by atoms with E-state index in [1.807, 2.05) is 24.0 Å². The summed E-state index contributed by atoms with van der Waals surface area (Å²) in [6, 6.07) is 10.1. The first-order chi connectivity index (χ1) is 16.7. The second kappa shape index (κ2) is 8.77. The van der Waals surface area contributed by atoms with Gasteiger partial charge in [-0.3, -0.25) is 9.78 Å². The number of nitrogens with one attached hydrogen (secondary N) is 1. The van der Waals surface area contributed by atoms with Crippen LogP contribution < -0.4 is 4.74 Å². The number of ether oxygens (including phenoxy) is 1. The van der Waals surface area contributed by atoms with E-state index in [0.29, 0.717) is 28.5 Å². The van der Waals surface area contributed by atoms with Crippen molar-refractivity contribution in [1.82, 2.24) is 24.8 Å². The van der Waals surface area contributed by atoms with Gasteiger partial charge in [-0.25, -0.2) is 18.4 Å². The summed E-state index contributed by atoms with van der Waals surface area (Å²) < 4.78 is 29.9. The minimum Gasteiger partial charge on any atom is -0.457 e. The molecule has 0 saturated carbocycles. The maximum Gasteiger partial charge on any atom is 0.220 e. The van der Waals surface area contributed by atoms with Crippen molar-refractivity contribution < 1.29 is 17.9 Å². The van der Waals surface area contributed by atoms with Crippen LogP contribution in [0, 0.1) is 0 Å². The summed E-state index contributed by atoms with van der Waals surface area (Å²) in [6.45, 7) is 3.63. The lowest BCUT2D eigenvalue weighted by Crippen LogP contribution is -2.33. The fourth-order valence-corrected chi connectivity index (χ4v) is 5.28. The first-order valence-corrected chi connectivity index (χ1v) is 13.2. The van der Waals surface area contributed by atoms with Crippen molar-refractivity contribution >= 4 is 26.8 Å². The number of H-pyrrole nitrogens is 1. The van der Waals surface area contributed by atoms with Gasteiger partial charge in [0.05, 0.1) is 28.2 Å². The van der Waals surface area contributed by atoms with Crippen LogP contribution in [0.3, 0.4) is 0 Å². The number of hydrogen-bond acceptors (Lipinski definition) is 7. The van der Waals surface area contributed by atoms with E-state index in [1.165, 1.54) is 18.4 Å². The molecule has 9 nitrogen and oxygen atoms in total. The van der Waals surface area contributed by atoms with Crippen LogP contribution in [-0.4, -0.2) is 51.5 Å². The Morgan fingerprint density at radius 3 is 2.57 bits per heavy atom. The summed E-state index contributed by atoms with van der Waals surface area (Å²) in [5.41, 5.74) is 2.95. The molecule has 0 spiro atoms. The van der Waals surface area contributed by atoms with E-state index < -0.39 is 9.84 Å². The van der Waals surface area contributed by atoms with Crippen LogP contribution in [0.1, 0.15) is 38.3 Å². The first kappa shape index (κ1) is 23.0. The highest BCUT2D eigenvalue weighted by Gasteiger charge is 2.35. The number of imidazole rings is 1. The molecule has 1 amide bonds.